The molecular weight excluding hydrogens is 290 g/mol. The van der Waals surface area contributed by atoms with Crippen molar-refractivity contribution < 1.29 is 9.32 Å². The standard InChI is InChI=1S/C18H23N3O2/c1-13-17(14(2)23-20-13)11-18(22)21-10-6-9-16(12-21)19-15-7-4-3-5-8-15/h3-5,7-8,16,19H,6,9-12H2,1-2H3. The maximum atomic E-state index is 12.6. The molecule has 5 nitrogen and oxygen atoms in total. The third-order valence-electron chi connectivity index (χ3n) is 4.43. The molecule has 2 heterocycles. The van der Waals surface area contributed by atoms with Crippen LogP contribution >= 0.6 is 0 Å². The first-order valence-electron chi connectivity index (χ1n) is 8.14. The molecule has 23 heavy (non-hydrogen) atoms. The SMILES string of the molecule is Cc1noc(C)c1CC(=O)N1CCCC(Nc2ccccc2)C1. The molecule has 1 aliphatic rings. The molecule has 0 aliphatic carbocycles. The van der Waals surface area contributed by atoms with Gasteiger partial charge in [0.15, 0.2) is 0 Å². The minimum Gasteiger partial charge on any atom is -0.381 e. The summed E-state index contributed by atoms with van der Waals surface area (Å²) in [5.41, 5.74) is 2.84. The highest BCUT2D eigenvalue weighted by molar-refractivity contribution is 5.79. The summed E-state index contributed by atoms with van der Waals surface area (Å²) >= 11 is 0. The molecule has 1 unspecified atom stereocenters. The van der Waals surface area contributed by atoms with E-state index in [0.717, 1.165) is 48.6 Å². The number of anilines is 1. The number of amides is 1. The summed E-state index contributed by atoms with van der Waals surface area (Å²) in [7, 11) is 0. The van der Waals surface area contributed by atoms with Crippen LogP contribution in [0.1, 0.15) is 29.9 Å². The van der Waals surface area contributed by atoms with Crippen LogP contribution in [0.25, 0.3) is 0 Å². The Bertz CT molecular complexity index is 647. The average molecular weight is 313 g/mol. The molecule has 1 amide bonds. The zero-order valence-electron chi connectivity index (χ0n) is 13.7. The van der Waals surface area contributed by atoms with Gasteiger partial charge in [-0.1, -0.05) is 23.4 Å². The molecule has 122 valence electrons. The number of likely N-dealkylation sites (tertiary alicyclic amines) is 1. The lowest BCUT2D eigenvalue weighted by molar-refractivity contribution is -0.131. The van der Waals surface area contributed by atoms with Gasteiger partial charge in [-0.25, -0.2) is 0 Å². The Kier molecular flexibility index (Phi) is 4.65. The number of hydrogen-bond acceptors (Lipinski definition) is 4. The monoisotopic (exact) mass is 313 g/mol. The third-order valence-corrected chi connectivity index (χ3v) is 4.43. The van der Waals surface area contributed by atoms with E-state index in [1.54, 1.807) is 0 Å². The Labute approximate surface area is 136 Å². The minimum absolute atomic E-state index is 0.152. The number of carbonyl (C=O) groups excluding carboxylic acids is 1. The molecule has 1 saturated heterocycles. The third kappa shape index (κ3) is 3.73. The number of nitrogens with zero attached hydrogens (tertiary/aromatic N) is 2. The van der Waals surface area contributed by atoms with E-state index in [1.807, 2.05) is 36.9 Å². The number of benzene rings is 1. The van der Waals surface area contributed by atoms with Crippen LogP contribution in [0.2, 0.25) is 0 Å². The van der Waals surface area contributed by atoms with Gasteiger partial charge in [0.05, 0.1) is 12.1 Å². The van der Waals surface area contributed by atoms with Crippen LogP contribution in [0.5, 0.6) is 0 Å². The van der Waals surface area contributed by atoms with Crippen LogP contribution in [0.3, 0.4) is 0 Å². The first-order chi connectivity index (χ1) is 11.1. The van der Waals surface area contributed by atoms with E-state index < -0.39 is 0 Å². The van der Waals surface area contributed by atoms with Crippen molar-refractivity contribution in [3.05, 3.63) is 47.3 Å². The second-order valence-corrected chi connectivity index (χ2v) is 6.17. The summed E-state index contributed by atoms with van der Waals surface area (Å²) in [5.74, 6) is 0.894. The van der Waals surface area contributed by atoms with Gasteiger partial charge in [-0.05, 0) is 38.8 Å². The predicted molar refractivity (Wildman–Crippen MR) is 89.3 cm³/mol. The Balaban J connectivity index is 1.61. The number of para-hydroxylation sites is 1. The summed E-state index contributed by atoms with van der Waals surface area (Å²) in [5, 5.41) is 7.45. The van der Waals surface area contributed by atoms with E-state index in [2.05, 4.69) is 22.6 Å². The van der Waals surface area contributed by atoms with Gasteiger partial charge >= 0.3 is 0 Å². The Morgan fingerprint density at radius 2 is 2.13 bits per heavy atom. The number of rotatable bonds is 4. The van der Waals surface area contributed by atoms with Crippen LogP contribution in [0.4, 0.5) is 5.69 Å². The van der Waals surface area contributed by atoms with E-state index in [4.69, 9.17) is 4.52 Å². The summed E-state index contributed by atoms with van der Waals surface area (Å²) in [6.45, 7) is 5.32. The molecule has 1 atom stereocenters. The first-order valence-corrected chi connectivity index (χ1v) is 8.14. The van der Waals surface area contributed by atoms with Crippen molar-refractivity contribution in [2.45, 2.75) is 39.2 Å². The van der Waals surface area contributed by atoms with Crippen molar-refractivity contribution in [1.29, 1.82) is 0 Å². The van der Waals surface area contributed by atoms with E-state index in [9.17, 15) is 4.79 Å². The Hall–Kier alpha value is -2.30. The molecule has 1 aromatic heterocycles. The normalized spacial score (nSPS) is 18.0. The molecule has 1 aliphatic heterocycles. The number of piperidine rings is 1. The van der Waals surface area contributed by atoms with Crippen LogP contribution in [-0.2, 0) is 11.2 Å². The van der Waals surface area contributed by atoms with Crippen molar-refractivity contribution in [2.24, 2.45) is 0 Å². The number of nitrogens with one attached hydrogen (secondary N) is 1. The molecule has 1 aromatic carbocycles. The van der Waals surface area contributed by atoms with Crippen molar-refractivity contribution in [3.63, 3.8) is 0 Å². The highest BCUT2D eigenvalue weighted by Crippen LogP contribution is 2.19. The lowest BCUT2D eigenvalue weighted by Crippen LogP contribution is -2.45. The fraction of sp³-hybridized carbons (Fsp3) is 0.444. The van der Waals surface area contributed by atoms with Crippen LogP contribution in [-0.4, -0.2) is 35.1 Å². The fourth-order valence-electron chi connectivity index (χ4n) is 3.11. The summed E-state index contributed by atoms with van der Waals surface area (Å²) in [4.78, 5) is 14.6. The van der Waals surface area contributed by atoms with Crippen LogP contribution in [0.15, 0.2) is 34.9 Å². The van der Waals surface area contributed by atoms with Gasteiger partial charge in [0.25, 0.3) is 0 Å². The van der Waals surface area contributed by atoms with E-state index >= 15 is 0 Å². The largest absolute Gasteiger partial charge is 0.381 e. The lowest BCUT2D eigenvalue weighted by atomic mass is 10.0. The lowest BCUT2D eigenvalue weighted by Gasteiger charge is -2.33. The number of carbonyl (C=O) groups is 1. The summed E-state index contributed by atoms with van der Waals surface area (Å²) in [6, 6.07) is 10.5. The number of hydrogen-bond donors (Lipinski definition) is 1. The van der Waals surface area contributed by atoms with E-state index in [1.165, 1.54) is 0 Å². The number of aryl methyl sites for hydroxylation is 2. The molecule has 0 saturated carbocycles. The maximum absolute atomic E-state index is 12.6. The second kappa shape index (κ2) is 6.86. The fourth-order valence-corrected chi connectivity index (χ4v) is 3.11. The zero-order chi connectivity index (χ0) is 16.2. The van der Waals surface area contributed by atoms with Gasteiger partial charge in [-0.3, -0.25) is 4.79 Å². The molecule has 0 radical (unpaired) electrons. The number of aromatic nitrogens is 1. The second-order valence-electron chi connectivity index (χ2n) is 6.17. The van der Waals surface area contributed by atoms with Crippen molar-refractivity contribution in [1.82, 2.24) is 10.1 Å². The average Bonchev–Trinajstić information content (AvgIpc) is 2.88. The quantitative estimate of drug-likeness (QED) is 0.943. The van der Waals surface area contributed by atoms with E-state index in [0.29, 0.717) is 12.5 Å². The Morgan fingerprint density at radius 1 is 1.35 bits per heavy atom. The molecule has 1 fully saturated rings. The van der Waals surface area contributed by atoms with E-state index in [-0.39, 0.29) is 5.91 Å². The minimum atomic E-state index is 0.152. The maximum Gasteiger partial charge on any atom is 0.227 e. The van der Waals surface area contributed by atoms with Crippen molar-refractivity contribution in [2.75, 3.05) is 18.4 Å². The van der Waals surface area contributed by atoms with Gasteiger partial charge in [-0.15, -0.1) is 0 Å². The van der Waals surface area contributed by atoms with Gasteiger partial charge in [0, 0.05) is 30.4 Å². The smallest absolute Gasteiger partial charge is 0.227 e. The van der Waals surface area contributed by atoms with Gasteiger partial charge in [0.1, 0.15) is 5.76 Å². The van der Waals surface area contributed by atoms with Crippen LogP contribution in [0, 0.1) is 13.8 Å². The van der Waals surface area contributed by atoms with Gasteiger partial charge in [-0.2, -0.15) is 0 Å². The van der Waals surface area contributed by atoms with Crippen molar-refractivity contribution >= 4 is 11.6 Å². The molecule has 0 spiro atoms. The summed E-state index contributed by atoms with van der Waals surface area (Å²) in [6.07, 6.45) is 2.49. The van der Waals surface area contributed by atoms with Gasteiger partial charge < -0.3 is 14.7 Å². The molecule has 5 heteroatoms. The molecule has 2 aromatic rings. The van der Waals surface area contributed by atoms with Gasteiger partial charge in [0.2, 0.25) is 5.91 Å². The highest BCUT2D eigenvalue weighted by Gasteiger charge is 2.25. The molecule has 0 bridgehead atoms. The van der Waals surface area contributed by atoms with Crippen molar-refractivity contribution in [3.8, 4) is 0 Å². The zero-order valence-corrected chi connectivity index (χ0v) is 13.7. The van der Waals surface area contributed by atoms with Crippen LogP contribution < -0.4 is 5.32 Å². The summed E-state index contributed by atoms with van der Waals surface area (Å²) < 4.78 is 5.15. The first kappa shape index (κ1) is 15.6. The highest BCUT2D eigenvalue weighted by atomic mass is 16.5. The molecule has 1 N–H and O–H groups in total. The molecular formula is C18H23N3O2. The predicted octanol–water partition coefficient (Wildman–Crippen LogP) is 2.94. The topological polar surface area (TPSA) is 58.4 Å². The molecule has 3 rings (SSSR count). The Morgan fingerprint density at radius 3 is 2.83 bits per heavy atom.